The Labute approximate surface area is 244 Å². The molecule has 0 aliphatic heterocycles. The van der Waals surface area contributed by atoms with Gasteiger partial charge in [-0.1, -0.05) is 79.7 Å². The Kier molecular flexibility index (Phi) is 10.8. The first-order chi connectivity index (χ1) is 20.0. The van der Waals surface area contributed by atoms with E-state index in [-0.39, 0.29) is 24.4 Å². The molecule has 0 aliphatic rings. The number of hydrogen-bond donors (Lipinski definition) is 0. The van der Waals surface area contributed by atoms with E-state index in [1.165, 1.54) is 0 Å². The number of carbonyl (C=O) groups is 2. The lowest BCUT2D eigenvalue weighted by molar-refractivity contribution is -0.143. The molecule has 0 spiro atoms. The van der Waals surface area contributed by atoms with Crippen molar-refractivity contribution in [1.29, 1.82) is 0 Å². The van der Waals surface area contributed by atoms with Crippen LogP contribution in [0.1, 0.15) is 49.1 Å². The summed E-state index contributed by atoms with van der Waals surface area (Å²) < 4.78 is 7.56. The van der Waals surface area contributed by atoms with Gasteiger partial charge in [0.05, 0.1) is 13.7 Å². The number of aryl methyl sites for hydroxylation is 1. The van der Waals surface area contributed by atoms with Gasteiger partial charge in [0, 0.05) is 37.4 Å². The molecule has 0 saturated carbocycles. The average Bonchev–Trinajstić information content (AvgIpc) is 3.45. The second kappa shape index (κ2) is 14.9. The van der Waals surface area contributed by atoms with Crippen molar-refractivity contribution < 1.29 is 14.3 Å². The minimum absolute atomic E-state index is 0.0117. The molecular weight excluding hydrogens is 510 g/mol. The van der Waals surface area contributed by atoms with Crippen molar-refractivity contribution in [3.8, 4) is 5.75 Å². The van der Waals surface area contributed by atoms with E-state index < -0.39 is 0 Å². The van der Waals surface area contributed by atoms with Gasteiger partial charge in [-0.2, -0.15) is 0 Å². The fourth-order valence-corrected chi connectivity index (χ4v) is 4.94. The first-order valence-corrected chi connectivity index (χ1v) is 14.4. The van der Waals surface area contributed by atoms with Crippen molar-refractivity contribution in [2.24, 2.45) is 0 Å². The quantitative estimate of drug-likeness (QED) is 0.184. The maximum Gasteiger partial charge on any atom is 0.242 e. The van der Waals surface area contributed by atoms with Crippen LogP contribution in [0.4, 0.5) is 0 Å². The van der Waals surface area contributed by atoms with E-state index in [1.807, 2.05) is 103 Å². The number of methoxy groups -OCH3 is 1. The van der Waals surface area contributed by atoms with Crippen molar-refractivity contribution in [1.82, 2.24) is 14.4 Å². The van der Waals surface area contributed by atoms with E-state index in [9.17, 15) is 9.59 Å². The summed E-state index contributed by atoms with van der Waals surface area (Å²) in [5.74, 6) is 0.771. The van der Waals surface area contributed by atoms with Gasteiger partial charge in [-0.3, -0.25) is 9.59 Å². The molecule has 4 rings (SSSR count). The molecule has 0 aliphatic carbocycles. The Hall–Kier alpha value is -4.32. The lowest BCUT2D eigenvalue weighted by Crippen LogP contribution is -2.46. The summed E-state index contributed by atoms with van der Waals surface area (Å²) in [6.07, 6.45) is 3.86. The Morgan fingerprint density at radius 3 is 2.17 bits per heavy atom. The maximum absolute atomic E-state index is 13.9. The van der Waals surface area contributed by atoms with Crippen molar-refractivity contribution in [3.05, 3.63) is 126 Å². The van der Waals surface area contributed by atoms with E-state index in [0.29, 0.717) is 32.5 Å². The number of nitrogens with zero attached hydrogens (tertiary/aromatic N) is 3. The van der Waals surface area contributed by atoms with Crippen molar-refractivity contribution in [2.75, 3.05) is 13.7 Å². The molecule has 2 amide bonds. The van der Waals surface area contributed by atoms with Gasteiger partial charge in [-0.05, 0) is 60.7 Å². The van der Waals surface area contributed by atoms with E-state index in [2.05, 4.69) is 23.6 Å². The zero-order valence-electron chi connectivity index (χ0n) is 24.4. The first-order valence-electron chi connectivity index (χ1n) is 14.4. The van der Waals surface area contributed by atoms with Crippen LogP contribution < -0.4 is 4.74 Å². The Morgan fingerprint density at radius 2 is 1.49 bits per heavy atom. The minimum Gasteiger partial charge on any atom is -0.497 e. The van der Waals surface area contributed by atoms with E-state index in [0.717, 1.165) is 34.6 Å². The Bertz CT molecular complexity index is 1380. The fraction of sp³-hybridized carbons (Fsp3) is 0.314. The Morgan fingerprint density at radius 1 is 0.805 bits per heavy atom. The second-order valence-corrected chi connectivity index (χ2v) is 10.5. The molecule has 4 aromatic rings. The zero-order valence-corrected chi connectivity index (χ0v) is 24.4. The SMILES string of the molecule is CCC(C)N(CC(=O)N(Cc1ccccc1)Cc1cccn1Cc1cccc(OC)c1)C(=O)CCc1ccccc1. The molecule has 0 saturated heterocycles. The topological polar surface area (TPSA) is 54.8 Å². The molecule has 3 aromatic carbocycles. The van der Waals surface area contributed by atoms with E-state index in [1.54, 1.807) is 12.0 Å². The molecule has 0 fully saturated rings. The van der Waals surface area contributed by atoms with Gasteiger partial charge in [-0.15, -0.1) is 0 Å². The lowest BCUT2D eigenvalue weighted by Gasteiger charge is -2.31. The molecule has 1 aromatic heterocycles. The number of ether oxygens (including phenoxy) is 1. The summed E-state index contributed by atoms with van der Waals surface area (Å²) in [6.45, 7) is 5.72. The fourth-order valence-electron chi connectivity index (χ4n) is 4.94. The maximum atomic E-state index is 13.9. The normalized spacial score (nSPS) is 11.6. The van der Waals surface area contributed by atoms with Crippen LogP contribution in [0.2, 0.25) is 0 Å². The van der Waals surface area contributed by atoms with Crippen molar-refractivity contribution in [3.63, 3.8) is 0 Å². The molecule has 1 unspecified atom stereocenters. The summed E-state index contributed by atoms with van der Waals surface area (Å²) in [5.41, 5.74) is 4.33. The predicted molar refractivity (Wildman–Crippen MR) is 163 cm³/mol. The highest BCUT2D eigenvalue weighted by molar-refractivity contribution is 5.85. The number of rotatable bonds is 14. The van der Waals surface area contributed by atoms with Crippen LogP contribution in [0.5, 0.6) is 5.75 Å². The molecule has 6 nitrogen and oxygen atoms in total. The Balaban J connectivity index is 1.52. The third-order valence-electron chi connectivity index (χ3n) is 7.55. The van der Waals surface area contributed by atoms with Gasteiger partial charge in [0.25, 0.3) is 0 Å². The summed E-state index contributed by atoms with van der Waals surface area (Å²) in [6, 6.07) is 32.1. The highest BCUT2D eigenvalue weighted by Crippen LogP contribution is 2.18. The molecule has 1 atom stereocenters. The number of hydrogen-bond acceptors (Lipinski definition) is 3. The summed E-state index contributed by atoms with van der Waals surface area (Å²) in [4.78, 5) is 31.0. The van der Waals surface area contributed by atoms with Crippen LogP contribution in [0.3, 0.4) is 0 Å². The molecule has 0 bridgehead atoms. The zero-order chi connectivity index (χ0) is 29.0. The monoisotopic (exact) mass is 551 g/mol. The largest absolute Gasteiger partial charge is 0.497 e. The highest BCUT2D eigenvalue weighted by atomic mass is 16.5. The third-order valence-corrected chi connectivity index (χ3v) is 7.55. The van der Waals surface area contributed by atoms with Crippen LogP contribution in [-0.4, -0.2) is 45.9 Å². The molecular formula is C35H41N3O3. The van der Waals surface area contributed by atoms with Crippen molar-refractivity contribution in [2.45, 2.75) is 58.8 Å². The predicted octanol–water partition coefficient (Wildman–Crippen LogP) is 6.33. The summed E-state index contributed by atoms with van der Waals surface area (Å²) >= 11 is 0. The smallest absolute Gasteiger partial charge is 0.242 e. The molecule has 0 N–H and O–H groups in total. The highest BCUT2D eigenvalue weighted by Gasteiger charge is 2.25. The molecule has 41 heavy (non-hydrogen) atoms. The summed E-state index contributed by atoms with van der Waals surface area (Å²) in [5, 5.41) is 0. The van der Waals surface area contributed by atoms with Gasteiger partial charge >= 0.3 is 0 Å². The average molecular weight is 552 g/mol. The van der Waals surface area contributed by atoms with Crippen LogP contribution in [-0.2, 0) is 35.6 Å². The molecule has 1 heterocycles. The van der Waals surface area contributed by atoms with Gasteiger partial charge in [0.1, 0.15) is 12.3 Å². The van der Waals surface area contributed by atoms with Crippen LogP contribution in [0.15, 0.2) is 103 Å². The third kappa shape index (κ3) is 8.58. The number of amides is 2. The first kappa shape index (κ1) is 29.7. The van der Waals surface area contributed by atoms with Gasteiger partial charge in [0.2, 0.25) is 11.8 Å². The van der Waals surface area contributed by atoms with Crippen LogP contribution in [0.25, 0.3) is 0 Å². The standard InChI is InChI=1S/C35H41N3O3/c1-4-28(2)38(34(39)21-20-29-13-7-5-8-14-29)27-35(40)37(24-30-15-9-6-10-16-30)26-32-18-12-22-36(32)25-31-17-11-19-33(23-31)41-3/h5-19,22-23,28H,4,20-21,24-27H2,1-3H3. The molecule has 6 heteroatoms. The lowest BCUT2D eigenvalue weighted by atomic mass is 10.1. The summed E-state index contributed by atoms with van der Waals surface area (Å²) in [7, 11) is 1.67. The number of carbonyl (C=O) groups excluding carboxylic acids is 2. The van der Waals surface area contributed by atoms with E-state index in [4.69, 9.17) is 4.74 Å². The van der Waals surface area contributed by atoms with Gasteiger partial charge in [-0.25, -0.2) is 0 Å². The molecule has 0 radical (unpaired) electrons. The van der Waals surface area contributed by atoms with Gasteiger partial charge in [0.15, 0.2) is 0 Å². The van der Waals surface area contributed by atoms with Crippen LogP contribution >= 0.6 is 0 Å². The minimum atomic E-state index is -0.0589. The second-order valence-electron chi connectivity index (χ2n) is 10.5. The molecule has 214 valence electrons. The number of benzene rings is 3. The van der Waals surface area contributed by atoms with E-state index >= 15 is 0 Å². The van der Waals surface area contributed by atoms with Crippen molar-refractivity contribution >= 4 is 11.8 Å². The number of aromatic nitrogens is 1. The van der Waals surface area contributed by atoms with Crippen LogP contribution in [0, 0.1) is 0 Å². The van der Waals surface area contributed by atoms with Gasteiger partial charge < -0.3 is 19.1 Å².